The van der Waals surface area contributed by atoms with Crippen molar-refractivity contribution in [2.45, 2.75) is 17.5 Å². The van der Waals surface area contributed by atoms with Gasteiger partial charge in [0, 0.05) is 17.7 Å². The predicted octanol–water partition coefficient (Wildman–Crippen LogP) is 0.900. The molecule has 3 rings (SSSR count). The maximum atomic E-state index is 11.0. The van der Waals surface area contributed by atoms with Crippen LogP contribution in [0.15, 0.2) is 41.6 Å². The van der Waals surface area contributed by atoms with E-state index in [4.69, 9.17) is 5.21 Å². The van der Waals surface area contributed by atoms with Crippen LogP contribution in [0.4, 0.5) is 5.69 Å². The van der Waals surface area contributed by atoms with Crippen molar-refractivity contribution in [2.24, 2.45) is 0 Å². The van der Waals surface area contributed by atoms with Gasteiger partial charge in [-0.15, -0.1) is 10.2 Å². The third-order valence-electron chi connectivity index (χ3n) is 2.86. The first kappa shape index (κ1) is 13.1. The van der Waals surface area contributed by atoms with Crippen LogP contribution in [0.2, 0.25) is 0 Å². The number of hydrogen-bond donors (Lipinski definition) is 3. The first-order chi connectivity index (χ1) is 9.69. The molecule has 0 radical (unpaired) electrons. The lowest BCUT2D eigenvalue weighted by molar-refractivity contribution is -0.991. The van der Waals surface area contributed by atoms with Crippen molar-refractivity contribution in [1.29, 1.82) is 0 Å². The lowest BCUT2D eigenvalue weighted by atomic mass is 10.2. The Bertz CT molecular complexity index is 655. The first-order valence-corrected chi connectivity index (χ1v) is 6.92. The fourth-order valence-corrected chi connectivity index (χ4v) is 2.92. The molecule has 8 heteroatoms. The maximum absolute atomic E-state index is 11.0. The minimum atomic E-state index is -0.956. The first-order valence-electron chi connectivity index (χ1n) is 6.04. The molecule has 0 spiro atoms. The SMILES string of the molecule is CC=CC1Nn2c(nnc2-c2cccc([NH+]([O-])O)c2)S1. The molecule has 0 amide bonds. The summed E-state index contributed by atoms with van der Waals surface area (Å²) in [5, 5.41) is 28.2. The van der Waals surface area contributed by atoms with Crippen LogP contribution >= 0.6 is 11.8 Å². The van der Waals surface area contributed by atoms with Gasteiger partial charge in [-0.05, 0) is 6.92 Å². The summed E-state index contributed by atoms with van der Waals surface area (Å²) in [6.45, 7) is 1.96. The van der Waals surface area contributed by atoms with Gasteiger partial charge in [0.15, 0.2) is 11.5 Å². The molecule has 2 unspecified atom stereocenters. The summed E-state index contributed by atoms with van der Waals surface area (Å²) >= 11 is 1.56. The number of nitrogens with zero attached hydrogens (tertiary/aromatic N) is 3. The van der Waals surface area contributed by atoms with E-state index < -0.39 is 5.23 Å². The number of aromatic nitrogens is 3. The molecule has 2 aromatic rings. The molecule has 7 nitrogen and oxygen atoms in total. The van der Waals surface area contributed by atoms with Crippen molar-refractivity contribution in [3.63, 3.8) is 0 Å². The summed E-state index contributed by atoms with van der Waals surface area (Å²) in [5.41, 5.74) is 4.20. The molecule has 20 heavy (non-hydrogen) atoms. The van der Waals surface area contributed by atoms with E-state index in [-0.39, 0.29) is 11.1 Å². The number of hydrogen-bond acceptors (Lipinski definition) is 6. The average molecular weight is 291 g/mol. The molecule has 1 aliphatic rings. The fourth-order valence-electron chi connectivity index (χ4n) is 1.97. The number of rotatable bonds is 3. The third-order valence-corrected chi connectivity index (χ3v) is 3.85. The largest absolute Gasteiger partial charge is 0.595 e. The molecule has 104 valence electrons. The Hall–Kier alpha value is -1.87. The maximum Gasteiger partial charge on any atom is 0.212 e. The Kier molecular flexibility index (Phi) is 3.45. The van der Waals surface area contributed by atoms with Gasteiger partial charge >= 0.3 is 0 Å². The Labute approximate surface area is 119 Å². The van der Waals surface area contributed by atoms with Crippen LogP contribution in [0, 0.1) is 5.21 Å². The van der Waals surface area contributed by atoms with E-state index >= 15 is 0 Å². The fraction of sp³-hybridized carbons (Fsp3) is 0.167. The normalized spacial score (nSPS) is 19.1. The Morgan fingerprint density at radius 3 is 3.10 bits per heavy atom. The zero-order chi connectivity index (χ0) is 14.1. The number of fused-ring (bicyclic) bond motifs is 1. The molecule has 1 aromatic carbocycles. The zero-order valence-corrected chi connectivity index (χ0v) is 11.5. The zero-order valence-electron chi connectivity index (χ0n) is 10.6. The second kappa shape index (κ2) is 5.25. The average Bonchev–Trinajstić information content (AvgIpc) is 2.99. The van der Waals surface area contributed by atoms with Crippen molar-refractivity contribution < 1.29 is 10.4 Å². The highest BCUT2D eigenvalue weighted by Crippen LogP contribution is 2.31. The Morgan fingerprint density at radius 1 is 1.50 bits per heavy atom. The molecule has 1 aliphatic heterocycles. The minimum Gasteiger partial charge on any atom is -0.595 e. The molecule has 2 heterocycles. The third kappa shape index (κ3) is 2.29. The van der Waals surface area contributed by atoms with Gasteiger partial charge in [0.1, 0.15) is 5.37 Å². The number of benzene rings is 1. The van der Waals surface area contributed by atoms with E-state index in [1.807, 2.05) is 25.1 Å². The molecular weight excluding hydrogens is 278 g/mol. The van der Waals surface area contributed by atoms with Crippen molar-refractivity contribution >= 4 is 17.4 Å². The van der Waals surface area contributed by atoms with E-state index in [2.05, 4.69) is 15.6 Å². The van der Waals surface area contributed by atoms with Crippen molar-refractivity contribution in [3.05, 3.63) is 41.6 Å². The second-order valence-corrected chi connectivity index (χ2v) is 5.33. The Balaban J connectivity index is 1.96. The quantitative estimate of drug-likeness (QED) is 0.575. The van der Waals surface area contributed by atoms with E-state index in [1.54, 1.807) is 34.6 Å². The van der Waals surface area contributed by atoms with Crippen LogP contribution in [0.3, 0.4) is 0 Å². The van der Waals surface area contributed by atoms with Crippen LogP contribution in [0.1, 0.15) is 6.92 Å². The van der Waals surface area contributed by atoms with Crippen LogP contribution in [-0.4, -0.2) is 25.5 Å². The van der Waals surface area contributed by atoms with Gasteiger partial charge in [-0.2, -0.15) is 5.23 Å². The van der Waals surface area contributed by atoms with E-state index in [0.717, 1.165) is 10.7 Å². The standard InChI is InChI=1S/C12H13N5O2S/c1-2-4-10-15-16-11(13-14-12(16)20-10)8-5-3-6-9(7-8)17(18)19/h2-7,10,15,17-18H,1H3. The highest BCUT2D eigenvalue weighted by atomic mass is 32.2. The topological polar surface area (TPSA) is 90.5 Å². The van der Waals surface area contributed by atoms with Crippen molar-refractivity contribution in [2.75, 3.05) is 5.43 Å². The highest BCUT2D eigenvalue weighted by Gasteiger charge is 2.25. The van der Waals surface area contributed by atoms with Gasteiger partial charge in [0.05, 0.1) is 0 Å². The van der Waals surface area contributed by atoms with Gasteiger partial charge in [-0.3, -0.25) is 0 Å². The number of thioether (sulfide) groups is 1. The predicted molar refractivity (Wildman–Crippen MR) is 75.1 cm³/mol. The van der Waals surface area contributed by atoms with Gasteiger partial charge in [0.2, 0.25) is 5.16 Å². The minimum absolute atomic E-state index is 0.118. The second-order valence-electron chi connectivity index (χ2n) is 4.22. The van der Waals surface area contributed by atoms with E-state index in [9.17, 15) is 5.21 Å². The summed E-state index contributed by atoms with van der Waals surface area (Å²) < 4.78 is 1.79. The summed E-state index contributed by atoms with van der Waals surface area (Å²) in [5.74, 6) is 0.614. The molecule has 3 N–H and O–H groups in total. The van der Waals surface area contributed by atoms with Crippen LogP contribution in [-0.2, 0) is 0 Å². The van der Waals surface area contributed by atoms with Gasteiger partial charge in [0.25, 0.3) is 0 Å². The molecular formula is C12H13N5O2S. The summed E-state index contributed by atoms with van der Waals surface area (Å²) in [6, 6.07) is 6.66. The summed E-state index contributed by atoms with van der Waals surface area (Å²) in [4.78, 5) is 0. The Morgan fingerprint density at radius 2 is 2.35 bits per heavy atom. The molecule has 0 fully saturated rings. The van der Waals surface area contributed by atoms with Crippen molar-refractivity contribution in [3.8, 4) is 11.4 Å². The van der Waals surface area contributed by atoms with Gasteiger partial charge in [-0.25, -0.2) is 9.88 Å². The van der Waals surface area contributed by atoms with Crippen LogP contribution in [0.5, 0.6) is 0 Å². The van der Waals surface area contributed by atoms with Crippen molar-refractivity contribution in [1.82, 2.24) is 14.9 Å². The van der Waals surface area contributed by atoms with Crippen LogP contribution < -0.4 is 10.7 Å². The number of nitrogens with one attached hydrogen (secondary N) is 2. The lowest BCUT2D eigenvalue weighted by Crippen LogP contribution is -2.99. The number of quaternary nitrogens is 1. The molecule has 2 atom stereocenters. The van der Waals surface area contributed by atoms with E-state index in [1.165, 1.54) is 0 Å². The van der Waals surface area contributed by atoms with Gasteiger partial charge in [-0.1, -0.05) is 36.0 Å². The molecule has 0 saturated heterocycles. The number of allylic oxidation sites excluding steroid dienone is 1. The smallest absolute Gasteiger partial charge is 0.212 e. The summed E-state index contributed by atoms with van der Waals surface area (Å²) in [6.07, 6.45) is 3.99. The molecule has 1 aromatic heterocycles. The monoisotopic (exact) mass is 291 g/mol. The molecule has 0 bridgehead atoms. The summed E-state index contributed by atoms with van der Waals surface area (Å²) in [7, 11) is 0. The molecule has 0 saturated carbocycles. The van der Waals surface area contributed by atoms with E-state index in [0.29, 0.717) is 5.82 Å². The molecule has 0 aliphatic carbocycles. The lowest BCUT2D eigenvalue weighted by Gasteiger charge is -2.12. The highest BCUT2D eigenvalue weighted by molar-refractivity contribution is 8.00. The van der Waals surface area contributed by atoms with Crippen LogP contribution in [0.25, 0.3) is 11.4 Å². The van der Waals surface area contributed by atoms with Gasteiger partial charge < -0.3 is 10.6 Å².